The van der Waals surface area contributed by atoms with Gasteiger partial charge in [-0.3, -0.25) is 0 Å². The average molecular weight is 588 g/mol. The lowest BCUT2D eigenvalue weighted by Gasteiger charge is -2.43. The molecule has 220 valence electrons. The predicted octanol–water partition coefficient (Wildman–Crippen LogP) is 5.57. The fourth-order valence-electron chi connectivity index (χ4n) is 5.67. The van der Waals surface area contributed by atoms with Crippen molar-refractivity contribution in [2.45, 2.75) is 51.7 Å². The quantitative estimate of drug-likeness (QED) is 0.226. The highest BCUT2D eigenvalue weighted by atomic mass is 32.1. The number of thiophene rings is 1. The third-order valence-corrected chi connectivity index (χ3v) is 9.10. The summed E-state index contributed by atoms with van der Waals surface area (Å²) in [5, 5.41) is 20.0. The number of anilines is 5. The summed E-state index contributed by atoms with van der Waals surface area (Å²) < 4.78 is 5.17. The van der Waals surface area contributed by atoms with E-state index in [4.69, 9.17) is 14.7 Å². The number of methoxy groups -OCH3 is 1. The molecular formula is C31H37N7O3S. The second-order valence-electron chi connectivity index (χ2n) is 11.5. The summed E-state index contributed by atoms with van der Waals surface area (Å²) in [6, 6.07) is 11.9. The van der Waals surface area contributed by atoms with Gasteiger partial charge in [-0.2, -0.15) is 4.98 Å². The lowest BCUT2D eigenvalue weighted by molar-refractivity contribution is 0.0600. The molecule has 5 heterocycles. The van der Waals surface area contributed by atoms with Crippen LogP contribution in [0.15, 0.2) is 41.8 Å². The van der Waals surface area contributed by atoms with Gasteiger partial charge in [-0.1, -0.05) is 6.07 Å². The fraction of sp³-hybridized carbons (Fsp3) is 0.419. The number of hydrogen-bond donors (Lipinski definition) is 3. The molecule has 2 saturated heterocycles. The molecule has 2 aliphatic rings. The lowest BCUT2D eigenvalue weighted by atomic mass is 9.98. The molecule has 0 aliphatic carbocycles. The van der Waals surface area contributed by atoms with Crippen molar-refractivity contribution in [3.05, 3.63) is 58.6 Å². The Bertz CT molecular complexity index is 1600. The minimum absolute atomic E-state index is 0.371. The van der Waals surface area contributed by atoms with Crippen molar-refractivity contribution in [2.75, 3.05) is 48.8 Å². The molecule has 3 aromatic heterocycles. The number of rotatable bonds is 8. The SMILES string of the molecule is COC(=O)c1cc(Nc2nc(Nc3cccc(C(C)(C)O)n3)c3c(C)csc3n2)ccc1N1CCC(N2CCC2)CC1. The van der Waals surface area contributed by atoms with E-state index in [1.165, 1.54) is 38.0 Å². The number of fused-ring (bicyclic) bond motifs is 1. The number of piperidine rings is 1. The van der Waals surface area contributed by atoms with Gasteiger partial charge in [0.05, 0.1) is 29.4 Å². The first-order valence-electron chi connectivity index (χ1n) is 14.4. The Morgan fingerprint density at radius 2 is 1.86 bits per heavy atom. The van der Waals surface area contributed by atoms with E-state index in [2.05, 4.69) is 25.4 Å². The van der Waals surface area contributed by atoms with Crippen molar-refractivity contribution in [1.82, 2.24) is 19.9 Å². The van der Waals surface area contributed by atoms with Crippen LogP contribution >= 0.6 is 11.3 Å². The maximum absolute atomic E-state index is 12.9. The molecule has 6 rings (SSSR count). The lowest BCUT2D eigenvalue weighted by Crippen LogP contribution is -2.50. The molecule has 0 saturated carbocycles. The summed E-state index contributed by atoms with van der Waals surface area (Å²) in [6.45, 7) is 9.67. The molecule has 0 amide bonds. The van der Waals surface area contributed by atoms with Crippen LogP contribution in [-0.2, 0) is 10.3 Å². The number of aliphatic hydroxyl groups is 1. The molecule has 0 bridgehead atoms. The van der Waals surface area contributed by atoms with Crippen molar-refractivity contribution >= 4 is 56.5 Å². The topological polar surface area (TPSA) is 116 Å². The van der Waals surface area contributed by atoms with Crippen molar-refractivity contribution in [1.29, 1.82) is 0 Å². The summed E-state index contributed by atoms with van der Waals surface area (Å²) >= 11 is 1.54. The second-order valence-corrected chi connectivity index (χ2v) is 12.4. The second kappa shape index (κ2) is 11.5. The number of aryl methyl sites for hydroxylation is 1. The van der Waals surface area contributed by atoms with Crippen LogP contribution in [0.1, 0.15) is 54.7 Å². The van der Waals surface area contributed by atoms with E-state index in [1.54, 1.807) is 19.9 Å². The number of likely N-dealkylation sites (tertiary alicyclic amines) is 1. The monoisotopic (exact) mass is 587 g/mol. The Labute approximate surface area is 249 Å². The van der Waals surface area contributed by atoms with Crippen molar-refractivity contribution in [2.24, 2.45) is 0 Å². The van der Waals surface area contributed by atoms with Crippen LogP contribution in [0.3, 0.4) is 0 Å². The first-order chi connectivity index (χ1) is 20.2. The predicted molar refractivity (Wildman–Crippen MR) is 167 cm³/mol. The Hall–Kier alpha value is -3.80. The number of ether oxygens (including phenoxy) is 1. The van der Waals surface area contributed by atoms with Gasteiger partial charge in [0.25, 0.3) is 0 Å². The maximum atomic E-state index is 12.9. The molecule has 11 heteroatoms. The number of nitrogens with one attached hydrogen (secondary N) is 2. The largest absolute Gasteiger partial charge is 0.465 e. The number of hydrogen-bond acceptors (Lipinski definition) is 11. The number of aromatic nitrogens is 3. The highest BCUT2D eigenvalue weighted by molar-refractivity contribution is 7.17. The van der Waals surface area contributed by atoms with Gasteiger partial charge in [-0.25, -0.2) is 14.8 Å². The Balaban J connectivity index is 1.27. The molecule has 0 unspecified atom stereocenters. The highest BCUT2D eigenvalue weighted by Crippen LogP contribution is 2.34. The van der Waals surface area contributed by atoms with Gasteiger partial charge in [0.1, 0.15) is 22.1 Å². The number of esters is 1. The zero-order valence-electron chi connectivity index (χ0n) is 24.5. The minimum Gasteiger partial charge on any atom is -0.465 e. The molecular weight excluding hydrogens is 550 g/mol. The molecule has 0 radical (unpaired) electrons. The van der Waals surface area contributed by atoms with Crippen molar-refractivity contribution in [3.8, 4) is 0 Å². The molecule has 1 aromatic carbocycles. The summed E-state index contributed by atoms with van der Waals surface area (Å²) in [5.74, 6) is 1.20. The normalized spacial score (nSPS) is 16.4. The van der Waals surface area contributed by atoms with Gasteiger partial charge in [-0.05, 0) is 94.4 Å². The van der Waals surface area contributed by atoms with E-state index in [0.717, 1.165) is 47.4 Å². The molecule has 2 fully saturated rings. The molecule has 42 heavy (non-hydrogen) atoms. The number of carbonyl (C=O) groups is 1. The van der Waals surface area contributed by atoms with E-state index < -0.39 is 5.60 Å². The molecule has 3 N–H and O–H groups in total. The van der Waals surface area contributed by atoms with Crippen LogP contribution in [0.25, 0.3) is 10.2 Å². The number of benzene rings is 1. The Morgan fingerprint density at radius 3 is 2.55 bits per heavy atom. The maximum Gasteiger partial charge on any atom is 0.340 e. The summed E-state index contributed by atoms with van der Waals surface area (Å²) in [5.41, 5.74) is 2.63. The van der Waals surface area contributed by atoms with Crippen LogP contribution in [-0.4, -0.2) is 70.3 Å². The van der Waals surface area contributed by atoms with E-state index in [0.29, 0.717) is 40.6 Å². The molecule has 10 nitrogen and oxygen atoms in total. The van der Waals surface area contributed by atoms with Gasteiger partial charge < -0.3 is 30.3 Å². The van der Waals surface area contributed by atoms with Gasteiger partial charge in [-0.15, -0.1) is 11.3 Å². The van der Waals surface area contributed by atoms with Crippen LogP contribution in [0.4, 0.5) is 29.0 Å². The minimum atomic E-state index is -1.07. The summed E-state index contributed by atoms with van der Waals surface area (Å²) in [4.78, 5) is 32.7. The zero-order chi connectivity index (χ0) is 29.4. The number of pyridine rings is 1. The molecule has 2 aliphatic heterocycles. The van der Waals surface area contributed by atoms with Gasteiger partial charge >= 0.3 is 5.97 Å². The first-order valence-corrected chi connectivity index (χ1v) is 15.3. The fourth-order valence-corrected chi connectivity index (χ4v) is 6.59. The van der Waals surface area contributed by atoms with Gasteiger partial charge in [0.15, 0.2) is 0 Å². The van der Waals surface area contributed by atoms with E-state index >= 15 is 0 Å². The third-order valence-electron chi connectivity index (χ3n) is 8.11. The van der Waals surface area contributed by atoms with E-state index in [9.17, 15) is 9.90 Å². The van der Waals surface area contributed by atoms with E-state index in [-0.39, 0.29) is 5.97 Å². The smallest absolute Gasteiger partial charge is 0.340 e. The van der Waals surface area contributed by atoms with Crippen molar-refractivity contribution < 1.29 is 14.6 Å². The highest BCUT2D eigenvalue weighted by Gasteiger charge is 2.29. The van der Waals surface area contributed by atoms with Crippen molar-refractivity contribution in [3.63, 3.8) is 0 Å². The Morgan fingerprint density at radius 1 is 1.07 bits per heavy atom. The summed E-state index contributed by atoms with van der Waals surface area (Å²) in [6.07, 6.45) is 3.49. The number of carbonyl (C=O) groups excluding carboxylic acids is 1. The molecule has 4 aromatic rings. The summed E-state index contributed by atoms with van der Waals surface area (Å²) in [7, 11) is 1.41. The third kappa shape index (κ3) is 5.77. The molecule has 0 spiro atoms. The molecule has 0 atom stereocenters. The van der Waals surface area contributed by atoms with Crippen LogP contribution < -0.4 is 15.5 Å². The van der Waals surface area contributed by atoms with Gasteiger partial charge in [0.2, 0.25) is 5.95 Å². The standard InChI is InChI=1S/C31H37N7O3S/c1-19-18-42-28-26(19)27(34-25-8-5-7-24(33-25)31(2,3)40)35-30(36-28)32-20-9-10-23(22(17-20)29(39)41-4)38-15-11-21(12-16-38)37-13-6-14-37/h5,7-10,17-18,21,40H,6,11-16H2,1-4H3,(H2,32,33,34,35,36). The number of nitrogens with zero attached hydrogens (tertiary/aromatic N) is 5. The van der Waals surface area contributed by atoms with Crippen LogP contribution in [0, 0.1) is 6.92 Å². The Kier molecular flexibility index (Phi) is 7.73. The van der Waals surface area contributed by atoms with Crippen LogP contribution in [0.5, 0.6) is 0 Å². The average Bonchev–Trinajstić information content (AvgIpc) is 3.32. The first kappa shape index (κ1) is 28.3. The zero-order valence-corrected chi connectivity index (χ0v) is 25.3. The van der Waals surface area contributed by atoms with Crippen LogP contribution in [0.2, 0.25) is 0 Å². The van der Waals surface area contributed by atoms with Gasteiger partial charge in [0, 0.05) is 24.8 Å². The van der Waals surface area contributed by atoms with E-state index in [1.807, 2.05) is 42.6 Å².